The zero-order valence-corrected chi connectivity index (χ0v) is 14.1. The molecule has 3 aromatic rings. The summed E-state index contributed by atoms with van der Waals surface area (Å²) in [5, 5.41) is 13.5. The van der Waals surface area contributed by atoms with Gasteiger partial charge in [0.25, 0.3) is 0 Å². The summed E-state index contributed by atoms with van der Waals surface area (Å²) in [5.74, 6) is 0.449. The van der Waals surface area contributed by atoms with Crippen LogP contribution in [0.2, 0.25) is 0 Å². The smallest absolute Gasteiger partial charge is 0.321 e. The molecule has 0 spiro atoms. The first kappa shape index (κ1) is 16.6. The molecule has 0 aliphatic rings. The summed E-state index contributed by atoms with van der Waals surface area (Å²) in [5.41, 5.74) is 2.26. The highest BCUT2D eigenvalue weighted by Gasteiger charge is 2.12. The minimum Gasteiger partial charge on any atom is -0.504 e. The van der Waals surface area contributed by atoms with Gasteiger partial charge in [-0.05, 0) is 29.8 Å². The number of ether oxygens (including phenoxy) is 1. The number of rotatable bonds is 4. The van der Waals surface area contributed by atoms with Crippen LogP contribution in [0.4, 0.5) is 10.5 Å². The molecule has 0 fully saturated rings. The zero-order valence-electron chi connectivity index (χ0n) is 14.1. The predicted octanol–water partition coefficient (Wildman–Crippen LogP) is 3.61. The van der Waals surface area contributed by atoms with Crippen molar-refractivity contribution in [3.8, 4) is 11.5 Å². The maximum Gasteiger partial charge on any atom is 0.321 e. The number of hydrogen-bond acceptors (Lipinski definition) is 4. The number of aromatic hydroxyl groups is 1. The standard InChI is InChI=1S/C19H19N3O3/c1-22(12-13-8-9-16(23)17(11-13)25-2)19(24)21-15-7-3-5-14-6-4-10-20-18(14)15/h3-11,23H,12H2,1-2H3,(H,21,24). The Hall–Kier alpha value is -3.28. The first-order chi connectivity index (χ1) is 12.1. The van der Waals surface area contributed by atoms with Gasteiger partial charge in [-0.2, -0.15) is 0 Å². The molecule has 0 aliphatic carbocycles. The number of benzene rings is 2. The second-order valence-electron chi connectivity index (χ2n) is 5.67. The third-order valence-electron chi connectivity index (χ3n) is 3.88. The number of methoxy groups -OCH3 is 1. The van der Waals surface area contributed by atoms with Gasteiger partial charge in [-0.25, -0.2) is 4.79 Å². The van der Waals surface area contributed by atoms with Crippen molar-refractivity contribution in [2.45, 2.75) is 6.54 Å². The number of anilines is 1. The number of phenolic OH excluding ortho intramolecular Hbond substituents is 1. The molecule has 1 aromatic heterocycles. The van der Waals surface area contributed by atoms with E-state index in [1.165, 1.54) is 7.11 Å². The van der Waals surface area contributed by atoms with E-state index in [4.69, 9.17) is 4.74 Å². The topological polar surface area (TPSA) is 74.7 Å². The summed E-state index contributed by atoms with van der Waals surface area (Å²) in [6.45, 7) is 0.376. The molecule has 0 unspecified atom stereocenters. The molecule has 25 heavy (non-hydrogen) atoms. The molecule has 0 saturated carbocycles. The number of pyridine rings is 1. The molecule has 1 heterocycles. The van der Waals surface area contributed by atoms with Crippen molar-refractivity contribution in [1.82, 2.24) is 9.88 Å². The quantitative estimate of drug-likeness (QED) is 0.762. The molecule has 6 nitrogen and oxygen atoms in total. The van der Waals surface area contributed by atoms with Crippen LogP contribution >= 0.6 is 0 Å². The van der Waals surface area contributed by atoms with Gasteiger partial charge in [0.2, 0.25) is 0 Å². The Morgan fingerprint density at radius 1 is 1.24 bits per heavy atom. The number of nitrogens with one attached hydrogen (secondary N) is 1. The van der Waals surface area contributed by atoms with Gasteiger partial charge in [-0.15, -0.1) is 0 Å². The van der Waals surface area contributed by atoms with E-state index in [2.05, 4.69) is 10.3 Å². The number of nitrogens with zero attached hydrogens (tertiary/aromatic N) is 2. The van der Waals surface area contributed by atoms with Crippen LogP contribution < -0.4 is 10.1 Å². The van der Waals surface area contributed by atoms with E-state index in [-0.39, 0.29) is 11.8 Å². The average molecular weight is 337 g/mol. The molecular formula is C19H19N3O3. The molecule has 0 aliphatic heterocycles. The van der Waals surface area contributed by atoms with Crippen LogP contribution in [0.3, 0.4) is 0 Å². The minimum absolute atomic E-state index is 0.0696. The van der Waals surface area contributed by atoms with E-state index in [1.807, 2.05) is 30.3 Å². The zero-order chi connectivity index (χ0) is 17.8. The van der Waals surface area contributed by atoms with Crippen LogP contribution in [-0.4, -0.2) is 35.2 Å². The van der Waals surface area contributed by atoms with Gasteiger partial charge in [-0.3, -0.25) is 4.98 Å². The van der Waals surface area contributed by atoms with Crippen molar-refractivity contribution in [2.24, 2.45) is 0 Å². The maximum atomic E-state index is 12.5. The Morgan fingerprint density at radius 2 is 2.04 bits per heavy atom. The molecular weight excluding hydrogens is 318 g/mol. The number of para-hydroxylation sites is 1. The first-order valence-corrected chi connectivity index (χ1v) is 7.80. The molecule has 0 radical (unpaired) electrons. The van der Waals surface area contributed by atoms with Gasteiger partial charge in [0.05, 0.1) is 18.3 Å². The number of amides is 2. The normalized spacial score (nSPS) is 10.5. The molecule has 128 valence electrons. The number of carbonyl (C=O) groups excluding carboxylic acids is 1. The molecule has 3 rings (SSSR count). The van der Waals surface area contributed by atoms with E-state index in [9.17, 15) is 9.90 Å². The second kappa shape index (κ2) is 7.09. The van der Waals surface area contributed by atoms with Crippen LogP contribution in [-0.2, 0) is 6.54 Å². The molecule has 2 aromatic carbocycles. The number of urea groups is 1. The van der Waals surface area contributed by atoms with Crippen LogP contribution in [0.5, 0.6) is 11.5 Å². The SMILES string of the molecule is COc1cc(CN(C)C(=O)Nc2cccc3cccnc23)ccc1O. The summed E-state index contributed by atoms with van der Waals surface area (Å²) in [4.78, 5) is 18.4. The fourth-order valence-corrected chi connectivity index (χ4v) is 2.58. The van der Waals surface area contributed by atoms with E-state index in [0.717, 1.165) is 16.5 Å². The molecule has 2 amide bonds. The highest BCUT2D eigenvalue weighted by Crippen LogP contribution is 2.27. The van der Waals surface area contributed by atoms with Crippen molar-refractivity contribution in [1.29, 1.82) is 0 Å². The lowest BCUT2D eigenvalue weighted by Crippen LogP contribution is -2.30. The van der Waals surface area contributed by atoms with E-state index >= 15 is 0 Å². The van der Waals surface area contributed by atoms with Gasteiger partial charge in [0.15, 0.2) is 11.5 Å². The summed E-state index contributed by atoms with van der Waals surface area (Å²) < 4.78 is 5.09. The lowest BCUT2D eigenvalue weighted by atomic mass is 10.2. The van der Waals surface area contributed by atoms with Crippen LogP contribution in [0.1, 0.15) is 5.56 Å². The average Bonchev–Trinajstić information content (AvgIpc) is 2.63. The van der Waals surface area contributed by atoms with Crippen LogP contribution in [0.15, 0.2) is 54.7 Å². The largest absolute Gasteiger partial charge is 0.504 e. The molecule has 0 bridgehead atoms. The highest BCUT2D eigenvalue weighted by atomic mass is 16.5. The Bertz CT molecular complexity index is 906. The van der Waals surface area contributed by atoms with Crippen molar-refractivity contribution < 1.29 is 14.6 Å². The van der Waals surface area contributed by atoms with Gasteiger partial charge in [-0.1, -0.05) is 24.3 Å². The van der Waals surface area contributed by atoms with Gasteiger partial charge in [0.1, 0.15) is 0 Å². The number of aromatic nitrogens is 1. The number of carbonyl (C=O) groups is 1. The monoisotopic (exact) mass is 337 g/mol. The van der Waals surface area contributed by atoms with Crippen molar-refractivity contribution in [3.63, 3.8) is 0 Å². The van der Waals surface area contributed by atoms with Gasteiger partial charge >= 0.3 is 6.03 Å². The second-order valence-corrected chi connectivity index (χ2v) is 5.67. The van der Waals surface area contributed by atoms with E-state index < -0.39 is 0 Å². The Morgan fingerprint density at radius 3 is 2.84 bits per heavy atom. The number of fused-ring (bicyclic) bond motifs is 1. The summed E-state index contributed by atoms with van der Waals surface area (Å²) in [6, 6.07) is 14.2. The Balaban J connectivity index is 1.74. The highest BCUT2D eigenvalue weighted by molar-refractivity contribution is 5.99. The fourth-order valence-electron chi connectivity index (χ4n) is 2.58. The minimum atomic E-state index is -0.245. The van der Waals surface area contributed by atoms with Crippen LogP contribution in [0.25, 0.3) is 10.9 Å². The van der Waals surface area contributed by atoms with Crippen molar-refractivity contribution in [2.75, 3.05) is 19.5 Å². The van der Waals surface area contributed by atoms with Crippen molar-refractivity contribution in [3.05, 3.63) is 60.3 Å². The lowest BCUT2D eigenvalue weighted by Gasteiger charge is -2.19. The third-order valence-corrected chi connectivity index (χ3v) is 3.88. The van der Waals surface area contributed by atoms with E-state index in [0.29, 0.717) is 18.0 Å². The fraction of sp³-hybridized carbons (Fsp3) is 0.158. The molecule has 0 saturated heterocycles. The number of hydrogen-bond donors (Lipinski definition) is 2. The third kappa shape index (κ3) is 3.63. The first-order valence-electron chi connectivity index (χ1n) is 7.80. The van der Waals surface area contributed by atoms with E-state index in [1.54, 1.807) is 36.3 Å². The molecule has 6 heteroatoms. The van der Waals surface area contributed by atoms with Gasteiger partial charge in [0, 0.05) is 25.2 Å². The molecule has 0 atom stereocenters. The van der Waals surface area contributed by atoms with Gasteiger partial charge < -0.3 is 20.1 Å². The Kier molecular flexibility index (Phi) is 4.70. The summed E-state index contributed by atoms with van der Waals surface area (Å²) in [7, 11) is 3.19. The predicted molar refractivity (Wildman–Crippen MR) is 96.9 cm³/mol. The summed E-state index contributed by atoms with van der Waals surface area (Å²) in [6.07, 6.45) is 1.70. The lowest BCUT2D eigenvalue weighted by molar-refractivity contribution is 0.220. The van der Waals surface area contributed by atoms with Crippen LogP contribution in [0, 0.1) is 0 Å². The Labute approximate surface area is 145 Å². The molecule has 2 N–H and O–H groups in total. The summed E-state index contributed by atoms with van der Waals surface area (Å²) >= 11 is 0. The van der Waals surface area contributed by atoms with Crippen molar-refractivity contribution >= 4 is 22.6 Å². The number of phenols is 1. The maximum absolute atomic E-state index is 12.5.